The fourth-order valence-corrected chi connectivity index (χ4v) is 2.55. The Hall–Kier alpha value is -2.08. The summed E-state index contributed by atoms with van der Waals surface area (Å²) in [7, 11) is 1.60. The molecule has 1 rings (SSSR count). The number of hydrogen-bond acceptors (Lipinski definition) is 4. The Morgan fingerprint density at radius 2 is 1.62 bits per heavy atom. The Morgan fingerprint density at radius 1 is 1.04 bits per heavy atom. The molecule has 1 atom stereocenters. The number of carboxylic acids is 1. The number of rotatable bonds is 8. The second kappa shape index (κ2) is 8.54. The minimum absolute atomic E-state index is 0.0684. The van der Waals surface area contributed by atoms with Crippen LogP contribution in [0.2, 0.25) is 0 Å². The van der Waals surface area contributed by atoms with Gasteiger partial charge in [0.05, 0.1) is 5.60 Å². The molecule has 1 unspecified atom stereocenters. The van der Waals surface area contributed by atoms with Gasteiger partial charge in [-0.15, -0.1) is 0 Å². The standard InChI is InChI=1S/C20H31NO5/c1-18(2,3)26-17(24)21-14-20(16(22)23,13-12-19(4,5)25-6)15-10-8-7-9-11-15/h7-11H,12-14H2,1-6H3,(H,21,24)(H,22,23). The van der Waals surface area contributed by atoms with E-state index >= 15 is 0 Å². The van der Waals surface area contributed by atoms with Crippen LogP contribution in [0.3, 0.4) is 0 Å². The van der Waals surface area contributed by atoms with Gasteiger partial charge in [-0.05, 0) is 53.0 Å². The maximum atomic E-state index is 12.3. The van der Waals surface area contributed by atoms with Gasteiger partial charge < -0.3 is 19.9 Å². The molecule has 1 amide bonds. The summed E-state index contributed by atoms with van der Waals surface area (Å²) in [5.41, 5.74) is -1.76. The second-order valence-corrected chi connectivity index (χ2v) is 8.07. The largest absolute Gasteiger partial charge is 0.481 e. The van der Waals surface area contributed by atoms with E-state index in [2.05, 4.69) is 5.32 Å². The van der Waals surface area contributed by atoms with Gasteiger partial charge in [-0.1, -0.05) is 30.3 Å². The summed E-state index contributed by atoms with van der Waals surface area (Å²) in [6.07, 6.45) is 0.189. The molecule has 0 aliphatic carbocycles. The molecule has 6 heteroatoms. The first-order valence-electron chi connectivity index (χ1n) is 8.73. The lowest BCUT2D eigenvalue weighted by Crippen LogP contribution is -2.48. The fraction of sp³-hybridized carbons (Fsp3) is 0.600. The molecule has 26 heavy (non-hydrogen) atoms. The van der Waals surface area contributed by atoms with Crippen molar-refractivity contribution in [3.63, 3.8) is 0 Å². The first-order chi connectivity index (χ1) is 11.9. The maximum Gasteiger partial charge on any atom is 0.407 e. The monoisotopic (exact) mass is 365 g/mol. The smallest absolute Gasteiger partial charge is 0.407 e. The summed E-state index contributed by atoms with van der Waals surface area (Å²) in [5, 5.41) is 12.7. The molecule has 0 fully saturated rings. The zero-order valence-electron chi connectivity index (χ0n) is 16.6. The van der Waals surface area contributed by atoms with E-state index in [0.29, 0.717) is 18.4 Å². The van der Waals surface area contributed by atoms with Gasteiger partial charge in [-0.2, -0.15) is 0 Å². The topological polar surface area (TPSA) is 84.9 Å². The van der Waals surface area contributed by atoms with Crippen molar-refractivity contribution in [3.05, 3.63) is 35.9 Å². The lowest BCUT2D eigenvalue weighted by Gasteiger charge is -2.34. The number of hydrogen-bond donors (Lipinski definition) is 2. The molecule has 0 aromatic heterocycles. The van der Waals surface area contributed by atoms with Crippen molar-refractivity contribution in [2.24, 2.45) is 0 Å². The lowest BCUT2D eigenvalue weighted by molar-refractivity contribution is -0.144. The van der Waals surface area contributed by atoms with E-state index in [1.54, 1.807) is 52.1 Å². The van der Waals surface area contributed by atoms with E-state index in [0.717, 1.165) is 0 Å². The van der Waals surface area contributed by atoms with Crippen LogP contribution in [0.1, 0.15) is 53.0 Å². The number of alkyl carbamates (subject to hydrolysis) is 1. The highest BCUT2D eigenvalue weighted by Crippen LogP contribution is 2.33. The van der Waals surface area contributed by atoms with Gasteiger partial charge in [-0.25, -0.2) is 4.79 Å². The number of methoxy groups -OCH3 is 1. The second-order valence-electron chi connectivity index (χ2n) is 8.07. The average Bonchev–Trinajstić information content (AvgIpc) is 2.54. The van der Waals surface area contributed by atoms with Crippen molar-refractivity contribution >= 4 is 12.1 Å². The van der Waals surface area contributed by atoms with Crippen LogP contribution in [-0.2, 0) is 19.7 Å². The number of amides is 1. The van der Waals surface area contributed by atoms with Gasteiger partial charge in [-0.3, -0.25) is 4.79 Å². The lowest BCUT2D eigenvalue weighted by atomic mass is 9.74. The van der Waals surface area contributed by atoms with Gasteiger partial charge in [0.2, 0.25) is 0 Å². The zero-order valence-corrected chi connectivity index (χ0v) is 16.6. The van der Waals surface area contributed by atoms with Gasteiger partial charge in [0.25, 0.3) is 0 Å². The van der Waals surface area contributed by atoms with Crippen LogP contribution in [0.4, 0.5) is 4.79 Å². The Kier molecular flexibility index (Phi) is 7.21. The molecule has 0 heterocycles. The molecule has 0 aliphatic heterocycles. The molecule has 0 spiro atoms. The molecule has 2 N–H and O–H groups in total. The van der Waals surface area contributed by atoms with Crippen LogP contribution in [0, 0.1) is 0 Å². The number of aliphatic carboxylic acids is 1. The van der Waals surface area contributed by atoms with Crippen LogP contribution >= 0.6 is 0 Å². The van der Waals surface area contributed by atoms with E-state index in [-0.39, 0.29) is 6.54 Å². The molecule has 0 saturated heterocycles. The molecule has 0 aliphatic rings. The Bertz CT molecular complexity index is 606. The van der Waals surface area contributed by atoms with Crippen molar-refractivity contribution in [1.29, 1.82) is 0 Å². The predicted molar refractivity (Wildman–Crippen MR) is 100 cm³/mol. The zero-order chi connectivity index (χ0) is 20.0. The summed E-state index contributed by atoms with van der Waals surface area (Å²) in [5.74, 6) is -0.994. The molecular weight excluding hydrogens is 334 g/mol. The van der Waals surface area contributed by atoms with Crippen LogP contribution in [0.5, 0.6) is 0 Å². The van der Waals surface area contributed by atoms with E-state index in [1.807, 2.05) is 19.9 Å². The number of ether oxygens (including phenoxy) is 2. The van der Waals surface area contributed by atoms with Crippen molar-refractivity contribution in [3.8, 4) is 0 Å². The van der Waals surface area contributed by atoms with Gasteiger partial charge in [0.1, 0.15) is 11.0 Å². The number of carbonyl (C=O) groups excluding carboxylic acids is 1. The summed E-state index contributed by atoms with van der Waals surface area (Å²) in [4.78, 5) is 24.4. The van der Waals surface area contributed by atoms with E-state index < -0.39 is 28.7 Å². The SMILES string of the molecule is COC(C)(C)CCC(CNC(=O)OC(C)(C)C)(C(=O)O)c1ccccc1. The first-order valence-corrected chi connectivity index (χ1v) is 8.73. The number of benzene rings is 1. The third-order valence-electron chi connectivity index (χ3n) is 4.38. The Labute approximate surface area is 155 Å². The highest BCUT2D eigenvalue weighted by molar-refractivity contribution is 5.82. The predicted octanol–water partition coefficient (Wildman–Crippen LogP) is 3.74. The number of nitrogens with one attached hydrogen (secondary N) is 1. The van der Waals surface area contributed by atoms with Gasteiger partial charge >= 0.3 is 12.1 Å². The highest BCUT2D eigenvalue weighted by atomic mass is 16.6. The van der Waals surface area contributed by atoms with Crippen molar-refractivity contribution < 1.29 is 24.2 Å². The quantitative estimate of drug-likeness (QED) is 0.733. The minimum Gasteiger partial charge on any atom is -0.481 e. The van der Waals surface area contributed by atoms with E-state index in [4.69, 9.17) is 9.47 Å². The number of carboxylic acid groups (broad SMARTS) is 1. The third-order valence-corrected chi connectivity index (χ3v) is 4.38. The third kappa shape index (κ3) is 6.33. The van der Waals surface area contributed by atoms with Crippen molar-refractivity contribution in [2.75, 3.05) is 13.7 Å². The molecule has 1 aromatic carbocycles. The summed E-state index contributed by atoms with van der Waals surface area (Å²) >= 11 is 0. The van der Waals surface area contributed by atoms with E-state index in [1.165, 1.54) is 0 Å². The molecule has 0 bridgehead atoms. The van der Waals surface area contributed by atoms with Crippen molar-refractivity contribution in [2.45, 2.75) is 64.1 Å². The van der Waals surface area contributed by atoms with E-state index in [9.17, 15) is 14.7 Å². The molecule has 146 valence electrons. The van der Waals surface area contributed by atoms with Crippen LogP contribution in [0.25, 0.3) is 0 Å². The highest BCUT2D eigenvalue weighted by Gasteiger charge is 2.42. The summed E-state index contributed by atoms with van der Waals surface area (Å²) in [6, 6.07) is 8.95. The van der Waals surface area contributed by atoms with Crippen LogP contribution in [-0.4, -0.2) is 42.0 Å². The van der Waals surface area contributed by atoms with Crippen LogP contribution in [0.15, 0.2) is 30.3 Å². The van der Waals surface area contributed by atoms with Crippen LogP contribution < -0.4 is 5.32 Å². The Balaban J connectivity index is 3.10. The molecule has 1 aromatic rings. The maximum absolute atomic E-state index is 12.3. The van der Waals surface area contributed by atoms with Gasteiger partial charge in [0.15, 0.2) is 0 Å². The fourth-order valence-electron chi connectivity index (χ4n) is 2.55. The van der Waals surface area contributed by atoms with Gasteiger partial charge in [0, 0.05) is 13.7 Å². The molecule has 6 nitrogen and oxygen atoms in total. The molecular formula is C20H31NO5. The Morgan fingerprint density at radius 3 is 2.08 bits per heavy atom. The van der Waals surface area contributed by atoms with Crippen molar-refractivity contribution in [1.82, 2.24) is 5.32 Å². The minimum atomic E-state index is -1.27. The first kappa shape index (κ1) is 22.0. The summed E-state index contributed by atoms with van der Waals surface area (Å²) < 4.78 is 10.7. The normalized spacial score (nSPS) is 14.4. The molecule has 0 saturated carbocycles. The molecule has 0 radical (unpaired) electrons. The average molecular weight is 365 g/mol. The number of carbonyl (C=O) groups is 2. The summed E-state index contributed by atoms with van der Waals surface area (Å²) in [6.45, 7) is 9.03.